The van der Waals surface area contributed by atoms with Crippen LogP contribution in [0.1, 0.15) is 38.8 Å². The van der Waals surface area contributed by atoms with Crippen LogP contribution in [-0.2, 0) is 12.8 Å². The SMILES string of the molecule is C=C(C)CN(CC(=C)C)c1ccc(CCc2ccc(N(CC(=C)C)CC(=C)C)cc2)cc1. The number of anilines is 2. The van der Waals surface area contributed by atoms with Crippen molar-refractivity contribution in [1.82, 2.24) is 0 Å². The Morgan fingerprint density at radius 3 is 0.969 bits per heavy atom. The second-order valence-corrected chi connectivity index (χ2v) is 9.37. The lowest BCUT2D eigenvalue weighted by molar-refractivity contribution is 0.890. The van der Waals surface area contributed by atoms with Crippen molar-refractivity contribution >= 4 is 11.4 Å². The van der Waals surface area contributed by atoms with E-state index in [0.717, 1.165) is 61.3 Å². The molecule has 0 N–H and O–H groups in total. The lowest BCUT2D eigenvalue weighted by Crippen LogP contribution is -2.26. The van der Waals surface area contributed by atoms with Crippen molar-refractivity contribution in [3.05, 3.63) is 108 Å². The van der Waals surface area contributed by atoms with Gasteiger partial charge >= 0.3 is 0 Å². The first-order valence-corrected chi connectivity index (χ1v) is 11.4. The molecule has 0 unspecified atom stereocenters. The van der Waals surface area contributed by atoms with E-state index in [9.17, 15) is 0 Å². The van der Waals surface area contributed by atoms with Crippen LogP contribution in [0.15, 0.2) is 97.1 Å². The van der Waals surface area contributed by atoms with Gasteiger partial charge in [-0.2, -0.15) is 0 Å². The van der Waals surface area contributed by atoms with Gasteiger partial charge in [-0.25, -0.2) is 0 Å². The maximum absolute atomic E-state index is 4.07. The molecule has 0 radical (unpaired) electrons. The molecule has 0 heterocycles. The zero-order valence-electron chi connectivity index (χ0n) is 20.6. The van der Waals surface area contributed by atoms with Crippen molar-refractivity contribution < 1.29 is 0 Å². The Morgan fingerprint density at radius 2 is 0.750 bits per heavy atom. The van der Waals surface area contributed by atoms with Gasteiger partial charge in [0.05, 0.1) is 0 Å². The largest absolute Gasteiger partial charge is 0.364 e. The van der Waals surface area contributed by atoms with Crippen LogP contribution in [0.3, 0.4) is 0 Å². The fraction of sp³-hybridized carbons (Fsp3) is 0.333. The van der Waals surface area contributed by atoms with E-state index in [1.807, 2.05) is 0 Å². The normalized spacial score (nSPS) is 10.5. The van der Waals surface area contributed by atoms with E-state index < -0.39 is 0 Å². The van der Waals surface area contributed by atoms with E-state index in [0.29, 0.717) is 0 Å². The third-order valence-corrected chi connectivity index (χ3v) is 5.15. The molecule has 170 valence electrons. The van der Waals surface area contributed by atoms with E-state index in [2.05, 4.69) is 112 Å². The van der Waals surface area contributed by atoms with Crippen LogP contribution >= 0.6 is 0 Å². The first-order chi connectivity index (χ1) is 15.1. The van der Waals surface area contributed by atoms with Crippen LogP contribution < -0.4 is 9.80 Å². The summed E-state index contributed by atoms with van der Waals surface area (Å²) in [6.07, 6.45) is 2.06. The molecular formula is C30H40N2. The van der Waals surface area contributed by atoms with Gasteiger partial charge < -0.3 is 9.80 Å². The van der Waals surface area contributed by atoms with Gasteiger partial charge in [-0.05, 0) is 75.9 Å². The Morgan fingerprint density at radius 1 is 0.500 bits per heavy atom. The molecule has 0 aromatic heterocycles. The number of aryl methyl sites for hydroxylation is 2. The smallest absolute Gasteiger partial charge is 0.0387 e. The number of hydrogen-bond acceptors (Lipinski definition) is 2. The van der Waals surface area contributed by atoms with Crippen molar-refractivity contribution in [2.75, 3.05) is 36.0 Å². The maximum Gasteiger partial charge on any atom is 0.0387 e. The molecule has 0 aliphatic heterocycles. The van der Waals surface area contributed by atoms with Crippen LogP contribution in [0.2, 0.25) is 0 Å². The second-order valence-electron chi connectivity index (χ2n) is 9.37. The lowest BCUT2D eigenvalue weighted by Gasteiger charge is -2.25. The molecule has 0 amide bonds. The molecule has 0 saturated heterocycles. The summed E-state index contributed by atoms with van der Waals surface area (Å²) < 4.78 is 0. The molecular weight excluding hydrogens is 388 g/mol. The van der Waals surface area contributed by atoms with E-state index in [4.69, 9.17) is 0 Å². The Labute approximate surface area is 196 Å². The minimum Gasteiger partial charge on any atom is -0.364 e. The maximum atomic E-state index is 4.07. The zero-order chi connectivity index (χ0) is 23.7. The van der Waals surface area contributed by atoms with Crippen LogP contribution in [0.4, 0.5) is 11.4 Å². The Kier molecular flexibility index (Phi) is 9.59. The second kappa shape index (κ2) is 12.1. The topological polar surface area (TPSA) is 6.48 Å². The first-order valence-electron chi connectivity index (χ1n) is 11.4. The van der Waals surface area contributed by atoms with Gasteiger partial charge in [-0.15, -0.1) is 0 Å². The Hall–Kier alpha value is -3.00. The molecule has 0 atom stereocenters. The minimum atomic E-state index is 0.854. The average Bonchev–Trinajstić information content (AvgIpc) is 2.71. The van der Waals surface area contributed by atoms with Gasteiger partial charge in [0.15, 0.2) is 0 Å². The third kappa shape index (κ3) is 8.63. The standard InChI is InChI=1S/C30H40N2/c1-23(2)19-31(20-24(3)4)29-15-11-27(12-16-29)9-10-28-13-17-30(18-14-28)32(21-25(5)6)22-26(7)8/h11-18H,1,3,5,7,9-10,19-22H2,2,4,6,8H3. The summed E-state index contributed by atoms with van der Waals surface area (Å²) in [5.41, 5.74) is 9.78. The van der Waals surface area contributed by atoms with Gasteiger partial charge in [0.2, 0.25) is 0 Å². The monoisotopic (exact) mass is 428 g/mol. The summed E-state index contributed by atoms with van der Waals surface area (Å²) in [4.78, 5) is 4.66. The molecule has 2 heteroatoms. The fourth-order valence-corrected chi connectivity index (χ4v) is 3.82. The zero-order valence-corrected chi connectivity index (χ0v) is 20.6. The third-order valence-electron chi connectivity index (χ3n) is 5.15. The van der Waals surface area contributed by atoms with E-state index >= 15 is 0 Å². The van der Waals surface area contributed by atoms with Crippen molar-refractivity contribution in [3.8, 4) is 0 Å². The van der Waals surface area contributed by atoms with Crippen molar-refractivity contribution in [1.29, 1.82) is 0 Å². The molecule has 0 spiro atoms. The molecule has 32 heavy (non-hydrogen) atoms. The number of rotatable bonds is 13. The predicted molar refractivity (Wildman–Crippen MR) is 144 cm³/mol. The summed E-state index contributed by atoms with van der Waals surface area (Å²) in [6, 6.07) is 17.9. The quantitative estimate of drug-likeness (QED) is 0.307. The average molecular weight is 429 g/mol. The minimum absolute atomic E-state index is 0.854. The van der Waals surface area contributed by atoms with Crippen molar-refractivity contribution in [2.45, 2.75) is 40.5 Å². The summed E-state index contributed by atoms with van der Waals surface area (Å²) in [7, 11) is 0. The van der Waals surface area contributed by atoms with Gasteiger partial charge in [-0.3, -0.25) is 0 Å². The molecule has 2 rings (SSSR count). The molecule has 0 bridgehead atoms. The molecule has 0 fully saturated rings. The highest BCUT2D eigenvalue weighted by atomic mass is 15.1. The first kappa shape index (κ1) is 25.3. The molecule has 0 aliphatic carbocycles. The van der Waals surface area contributed by atoms with Crippen LogP contribution in [0.5, 0.6) is 0 Å². The summed E-state index contributed by atoms with van der Waals surface area (Å²) in [6.45, 7) is 28.0. The van der Waals surface area contributed by atoms with Crippen LogP contribution in [0, 0.1) is 0 Å². The Bertz CT molecular complexity index is 820. The van der Waals surface area contributed by atoms with Gasteiger partial charge in [0.1, 0.15) is 0 Å². The fourth-order valence-electron chi connectivity index (χ4n) is 3.82. The van der Waals surface area contributed by atoms with E-state index in [1.165, 1.54) is 22.5 Å². The van der Waals surface area contributed by atoms with Crippen molar-refractivity contribution in [2.24, 2.45) is 0 Å². The summed E-state index contributed by atoms with van der Waals surface area (Å²) in [5.74, 6) is 0. The highest BCUT2D eigenvalue weighted by molar-refractivity contribution is 5.51. The van der Waals surface area contributed by atoms with E-state index in [1.54, 1.807) is 0 Å². The van der Waals surface area contributed by atoms with Crippen molar-refractivity contribution in [3.63, 3.8) is 0 Å². The highest BCUT2D eigenvalue weighted by Gasteiger charge is 2.09. The molecule has 0 aliphatic rings. The molecule has 0 saturated carbocycles. The highest BCUT2D eigenvalue weighted by Crippen LogP contribution is 2.21. The van der Waals surface area contributed by atoms with Crippen LogP contribution in [0.25, 0.3) is 0 Å². The van der Waals surface area contributed by atoms with Gasteiger partial charge in [0.25, 0.3) is 0 Å². The van der Waals surface area contributed by atoms with Gasteiger partial charge in [0, 0.05) is 37.6 Å². The van der Waals surface area contributed by atoms with Crippen LogP contribution in [-0.4, -0.2) is 26.2 Å². The molecule has 2 aromatic carbocycles. The number of nitrogens with zero attached hydrogens (tertiary/aromatic N) is 2. The van der Waals surface area contributed by atoms with Gasteiger partial charge in [-0.1, -0.05) is 72.9 Å². The summed E-state index contributed by atoms with van der Waals surface area (Å²) >= 11 is 0. The molecule has 2 aromatic rings. The molecule has 2 nitrogen and oxygen atoms in total. The number of hydrogen-bond donors (Lipinski definition) is 0. The Balaban J connectivity index is 2.01. The van der Waals surface area contributed by atoms with E-state index in [-0.39, 0.29) is 0 Å². The lowest BCUT2D eigenvalue weighted by atomic mass is 10.0. The predicted octanol–water partition coefficient (Wildman–Crippen LogP) is 7.39. The summed E-state index contributed by atoms with van der Waals surface area (Å²) in [5, 5.41) is 0. The number of benzene rings is 2.